The molecule has 0 saturated carbocycles. The van der Waals surface area contributed by atoms with Gasteiger partial charge >= 0.3 is 0 Å². The quantitative estimate of drug-likeness (QED) is 0.679. The second-order valence-corrected chi connectivity index (χ2v) is 7.65. The second-order valence-electron chi connectivity index (χ2n) is 7.24. The van der Waals surface area contributed by atoms with Crippen LogP contribution in [0.2, 0.25) is 5.02 Å². The normalized spacial score (nSPS) is 24.1. The van der Waals surface area contributed by atoms with Crippen LogP contribution < -0.4 is 4.74 Å². The molecule has 3 rings (SSSR count). The number of hydrogen-bond donors (Lipinski definition) is 2. The second kappa shape index (κ2) is 9.58. The summed E-state index contributed by atoms with van der Waals surface area (Å²) in [6.07, 6.45) is -0.836. The van der Waals surface area contributed by atoms with E-state index in [0.29, 0.717) is 22.6 Å². The van der Waals surface area contributed by atoms with E-state index in [2.05, 4.69) is 0 Å². The number of ether oxygens (including phenoxy) is 3. The van der Waals surface area contributed by atoms with Gasteiger partial charge in [0.15, 0.2) is 17.4 Å². The van der Waals surface area contributed by atoms with E-state index in [-0.39, 0.29) is 37.4 Å². The van der Waals surface area contributed by atoms with Gasteiger partial charge in [-0.1, -0.05) is 23.7 Å². The van der Waals surface area contributed by atoms with E-state index in [4.69, 9.17) is 25.8 Å². The Balaban J connectivity index is 1.95. The van der Waals surface area contributed by atoms with Gasteiger partial charge in [0.25, 0.3) is 0 Å². The van der Waals surface area contributed by atoms with Gasteiger partial charge in [-0.05, 0) is 36.2 Å². The van der Waals surface area contributed by atoms with Crippen molar-refractivity contribution >= 4 is 11.6 Å². The van der Waals surface area contributed by atoms with Crippen molar-refractivity contribution in [2.24, 2.45) is 0 Å². The number of methoxy groups -OCH3 is 1. The van der Waals surface area contributed by atoms with Crippen molar-refractivity contribution < 1.29 is 33.2 Å². The molecule has 5 nitrogen and oxygen atoms in total. The van der Waals surface area contributed by atoms with Crippen LogP contribution in [-0.2, 0) is 21.7 Å². The first-order valence-electron chi connectivity index (χ1n) is 9.74. The molecule has 0 radical (unpaired) electrons. The predicted molar refractivity (Wildman–Crippen MR) is 108 cm³/mol. The number of benzene rings is 2. The van der Waals surface area contributed by atoms with Gasteiger partial charge in [0, 0.05) is 37.0 Å². The Hall–Kier alpha value is -1.77. The number of halogens is 3. The number of aliphatic hydroxyl groups is 2. The van der Waals surface area contributed by atoms with Crippen LogP contribution in [-0.4, -0.2) is 42.7 Å². The molecule has 0 bridgehead atoms. The molecule has 2 N–H and O–H groups in total. The molecule has 1 fully saturated rings. The summed E-state index contributed by atoms with van der Waals surface area (Å²) in [7, 11) is 1.45. The van der Waals surface area contributed by atoms with Crippen LogP contribution in [0.5, 0.6) is 5.75 Å². The minimum Gasteiger partial charge on any atom is -0.491 e. The number of rotatable bonds is 7. The zero-order valence-electron chi connectivity index (χ0n) is 16.8. The summed E-state index contributed by atoms with van der Waals surface area (Å²) in [5, 5.41) is 20.1. The van der Waals surface area contributed by atoms with Crippen LogP contribution >= 0.6 is 11.6 Å². The Morgan fingerprint density at radius 2 is 1.97 bits per heavy atom. The van der Waals surface area contributed by atoms with Crippen LogP contribution in [0.25, 0.3) is 0 Å². The summed E-state index contributed by atoms with van der Waals surface area (Å²) in [6, 6.07) is 7.84. The minimum atomic E-state index is -1.28. The summed E-state index contributed by atoms with van der Waals surface area (Å²) < 4.78 is 45.4. The van der Waals surface area contributed by atoms with Gasteiger partial charge in [-0.3, -0.25) is 0 Å². The smallest absolute Gasteiger partial charge is 0.200 e. The molecule has 0 aromatic heterocycles. The molecule has 2 aromatic rings. The SMILES string of the molecule is CCOc1ccc(Cc2cc([C@@]3(OC)CC(O)CC(CO)O3)ccc2Cl)c(F)c1F. The fourth-order valence-corrected chi connectivity index (χ4v) is 3.92. The van der Waals surface area contributed by atoms with E-state index in [1.165, 1.54) is 19.2 Å². The van der Waals surface area contributed by atoms with E-state index in [1.807, 2.05) is 0 Å². The van der Waals surface area contributed by atoms with Gasteiger partial charge < -0.3 is 24.4 Å². The van der Waals surface area contributed by atoms with E-state index < -0.39 is 29.6 Å². The minimum absolute atomic E-state index is 0.0353. The number of aliphatic hydroxyl groups excluding tert-OH is 2. The molecule has 2 aromatic carbocycles. The Morgan fingerprint density at radius 3 is 2.63 bits per heavy atom. The first-order chi connectivity index (χ1) is 14.3. The lowest BCUT2D eigenvalue weighted by atomic mass is 9.91. The molecule has 3 atom stereocenters. The Labute approximate surface area is 179 Å². The zero-order valence-corrected chi connectivity index (χ0v) is 17.6. The Kier molecular flexibility index (Phi) is 7.31. The van der Waals surface area contributed by atoms with E-state index in [0.717, 1.165) is 0 Å². The third-order valence-corrected chi connectivity index (χ3v) is 5.59. The summed E-state index contributed by atoms with van der Waals surface area (Å²) in [4.78, 5) is 0. The third kappa shape index (κ3) is 4.60. The topological polar surface area (TPSA) is 68.2 Å². The highest BCUT2D eigenvalue weighted by molar-refractivity contribution is 6.31. The van der Waals surface area contributed by atoms with E-state index in [1.54, 1.807) is 25.1 Å². The lowest BCUT2D eigenvalue weighted by molar-refractivity contribution is -0.298. The summed E-state index contributed by atoms with van der Waals surface area (Å²) >= 11 is 6.32. The highest BCUT2D eigenvalue weighted by Crippen LogP contribution is 2.40. The lowest BCUT2D eigenvalue weighted by Crippen LogP contribution is -2.46. The Bertz CT molecular complexity index is 894. The molecular formula is C22H25ClF2O5. The first kappa shape index (κ1) is 22.9. The van der Waals surface area contributed by atoms with Crippen LogP contribution in [0.4, 0.5) is 8.78 Å². The van der Waals surface area contributed by atoms with Gasteiger partial charge in [-0.25, -0.2) is 4.39 Å². The standard InChI is InChI=1S/C22H25ClF2O5/c1-3-29-19-7-4-13(20(24)21(19)25)8-14-9-15(5-6-18(14)23)22(28-2)11-16(27)10-17(12-26)30-22/h4-7,9,16-17,26-27H,3,8,10-12H2,1-2H3/t16?,17?,22-/m1/s1. The molecular weight excluding hydrogens is 418 g/mol. The molecule has 8 heteroatoms. The van der Waals surface area contributed by atoms with E-state index >= 15 is 0 Å². The first-order valence-corrected chi connectivity index (χ1v) is 10.1. The van der Waals surface area contributed by atoms with Gasteiger partial charge in [-0.2, -0.15) is 4.39 Å². The van der Waals surface area contributed by atoms with Crippen LogP contribution in [0.1, 0.15) is 36.5 Å². The fourth-order valence-electron chi connectivity index (χ4n) is 3.74. The van der Waals surface area contributed by atoms with Gasteiger partial charge in [0.2, 0.25) is 5.82 Å². The van der Waals surface area contributed by atoms with Crippen LogP contribution in [0.3, 0.4) is 0 Å². The van der Waals surface area contributed by atoms with Gasteiger partial charge in [-0.15, -0.1) is 0 Å². The maximum absolute atomic E-state index is 14.5. The molecule has 1 heterocycles. The van der Waals surface area contributed by atoms with Gasteiger partial charge in [0.05, 0.1) is 25.4 Å². The molecule has 30 heavy (non-hydrogen) atoms. The van der Waals surface area contributed by atoms with Crippen molar-refractivity contribution in [3.05, 3.63) is 63.7 Å². The van der Waals surface area contributed by atoms with E-state index in [9.17, 15) is 19.0 Å². The highest BCUT2D eigenvalue weighted by Gasteiger charge is 2.43. The van der Waals surface area contributed by atoms with Gasteiger partial charge in [0.1, 0.15) is 0 Å². The monoisotopic (exact) mass is 442 g/mol. The molecule has 0 amide bonds. The molecule has 1 saturated heterocycles. The largest absolute Gasteiger partial charge is 0.491 e. The van der Waals surface area contributed by atoms with Crippen molar-refractivity contribution in [3.8, 4) is 5.75 Å². The highest BCUT2D eigenvalue weighted by atomic mass is 35.5. The maximum Gasteiger partial charge on any atom is 0.200 e. The number of hydrogen-bond acceptors (Lipinski definition) is 5. The third-order valence-electron chi connectivity index (χ3n) is 5.22. The maximum atomic E-state index is 14.5. The summed E-state index contributed by atoms with van der Waals surface area (Å²) in [6.45, 7) is 1.65. The van der Waals surface area contributed by atoms with Crippen molar-refractivity contribution in [3.63, 3.8) is 0 Å². The zero-order chi connectivity index (χ0) is 21.9. The summed E-state index contributed by atoms with van der Waals surface area (Å²) in [5.74, 6) is -3.46. The lowest BCUT2D eigenvalue weighted by Gasteiger charge is -2.42. The van der Waals surface area contributed by atoms with Crippen LogP contribution in [0, 0.1) is 11.6 Å². The van der Waals surface area contributed by atoms with Crippen LogP contribution in [0.15, 0.2) is 30.3 Å². The van der Waals surface area contributed by atoms with Crippen molar-refractivity contribution in [2.45, 2.75) is 44.2 Å². The molecule has 1 aliphatic rings. The predicted octanol–water partition coefficient (Wildman–Crippen LogP) is 3.94. The fraction of sp³-hybridized carbons (Fsp3) is 0.455. The summed E-state index contributed by atoms with van der Waals surface area (Å²) in [5.41, 5.74) is 1.23. The molecule has 1 aliphatic heterocycles. The van der Waals surface area contributed by atoms with Crippen molar-refractivity contribution in [1.82, 2.24) is 0 Å². The average Bonchev–Trinajstić information content (AvgIpc) is 2.74. The molecule has 0 spiro atoms. The molecule has 164 valence electrons. The Morgan fingerprint density at radius 1 is 1.20 bits per heavy atom. The molecule has 0 aliphatic carbocycles. The van der Waals surface area contributed by atoms with Crippen molar-refractivity contribution in [2.75, 3.05) is 20.3 Å². The average molecular weight is 443 g/mol. The van der Waals surface area contributed by atoms with Crippen molar-refractivity contribution in [1.29, 1.82) is 0 Å². The molecule has 2 unspecified atom stereocenters.